The second-order valence-electron chi connectivity index (χ2n) is 4.97. The number of ether oxygens (including phenoxy) is 1. The van der Waals surface area contributed by atoms with Gasteiger partial charge in [-0.05, 0) is 6.92 Å². The highest BCUT2D eigenvalue weighted by molar-refractivity contribution is 5.69. The molecule has 0 aliphatic carbocycles. The summed E-state index contributed by atoms with van der Waals surface area (Å²) in [4.78, 5) is 16.0. The number of nitrogens with zero attached hydrogens (tertiary/aromatic N) is 3. The van der Waals surface area contributed by atoms with E-state index in [-0.39, 0.29) is 19.0 Å². The first-order valence-corrected chi connectivity index (χ1v) is 7.16. The largest absolute Gasteiger partial charge is 0.457 e. The van der Waals surface area contributed by atoms with Crippen LogP contribution < -0.4 is 0 Å². The molecule has 0 bridgehead atoms. The first kappa shape index (κ1) is 15.0. The fourth-order valence-corrected chi connectivity index (χ4v) is 1.98. The van der Waals surface area contributed by atoms with E-state index in [1.807, 2.05) is 30.3 Å². The lowest BCUT2D eigenvalue weighted by Gasteiger charge is -2.00. The number of carbonyl (C=O) groups is 1. The summed E-state index contributed by atoms with van der Waals surface area (Å²) in [5, 5.41) is 7.62. The van der Waals surface area contributed by atoms with E-state index in [2.05, 4.69) is 15.3 Å². The van der Waals surface area contributed by atoms with Crippen molar-refractivity contribution in [3.63, 3.8) is 0 Å². The van der Waals surface area contributed by atoms with Gasteiger partial charge in [-0.15, -0.1) is 0 Å². The summed E-state index contributed by atoms with van der Waals surface area (Å²) in [5.74, 6) is 1.06. The fraction of sp³-hybridized carbons (Fsp3) is 0.250. The summed E-state index contributed by atoms with van der Waals surface area (Å²) < 4.78 is 15.2. The highest BCUT2D eigenvalue weighted by Crippen LogP contribution is 2.15. The Kier molecular flexibility index (Phi) is 4.46. The number of benzene rings is 1. The van der Waals surface area contributed by atoms with E-state index in [0.29, 0.717) is 23.9 Å². The zero-order valence-corrected chi connectivity index (χ0v) is 12.6. The lowest BCUT2D eigenvalue weighted by Crippen LogP contribution is -2.05. The molecule has 2 heterocycles. The molecule has 0 aliphatic heterocycles. The molecule has 0 saturated heterocycles. The predicted molar refractivity (Wildman–Crippen MR) is 79.1 cm³/mol. The van der Waals surface area contributed by atoms with Crippen molar-refractivity contribution in [3.05, 3.63) is 53.7 Å². The minimum atomic E-state index is -0.362. The van der Waals surface area contributed by atoms with E-state index in [0.717, 1.165) is 11.3 Å². The van der Waals surface area contributed by atoms with E-state index in [1.165, 1.54) is 0 Å². The first-order chi connectivity index (χ1) is 11.2. The molecule has 0 unspecified atom stereocenters. The van der Waals surface area contributed by atoms with E-state index in [4.69, 9.17) is 13.8 Å². The van der Waals surface area contributed by atoms with Gasteiger partial charge in [0.25, 0.3) is 0 Å². The zero-order valence-electron chi connectivity index (χ0n) is 12.6. The van der Waals surface area contributed by atoms with Crippen LogP contribution in [0.4, 0.5) is 0 Å². The molecule has 118 valence electrons. The van der Waals surface area contributed by atoms with Gasteiger partial charge in [0.15, 0.2) is 12.4 Å². The maximum Gasteiger partial charge on any atom is 0.306 e. The molecule has 0 radical (unpaired) electrons. The van der Waals surface area contributed by atoms with Gasteiger partial charge in [-0.3, -0.25) is 4.79 Å². The van der Waals surface area contributed by atoms with Gasteiger partial charge in [0.05, 0.1) is 12.1 Å². The highest BCUT2D eigenvalue weighted by Gasteiger charge is 2.12. The van der Waals surface area contributed by atoms with Crippen LogP contribution in [0, 0.1) is 6.92 Å². The van der Waals surface area contributed by atoms with Gasteiger partial charge >= 0.3 is 5.97 Å². The van der Waals surface area contributed by atoms with Crippen molar-refractivity contribution >= 4 is 5.97 Å². The van der Waals surface area contributed by atoms with Crippen LogP contribution in [-0.2, 0) is 22.6 Å². The van der Waals surface area contributed by atoms with E-state index in [9.17, 15) is 4.79 Å². The fourth-order valence-electron chi connectivity index (χ4n) is 1.98. The molecule has 2 aromatic heterocycles. The van der Waals surface area contributed by atoms with Crippen molar-refractivity contribution in [2.75, 3.05) is 0 Å². The zero-order chi connectivity index (χ0) is 16.1. The van der Waals surface area contributed by atoms with Crippen LogP contribution in [0.25, 0.3) is 11.4 Å². The average molecular weight is 313 g/mol. The third-order valence-electron chi connectivity index (χ3n) is 3.10. The molecule has 0 spiro atoms. The van der Waals surface area contributed by atoms with Crippen molar-refractivity contribution in [1.29, 1.82) is 0 Å². The third kappa shape index (κ3) is 4.03. The number of carbonyl (C=O) groups excluding carboxylic acids is 1. The Morgan fingerprint density at radius 3 is 2.74 bits per heavy atom. The number of esters is 1. The van der Waals surface area contributed by atoms with Crippen LogP contribution in [-0.4, -0.2) is 21.3 Å². The monoisotopic (exact) mass is 313 g/mol. The maximum absolute atomic E-state index is 11.7. The Morgan fingerprint density at radius 2 is 2.00 bits per heavy atom. The van der Waals surface area contributed by atoms with Crippen LogP contribution in [0.5, 0.6) is 0 Å². The first-order valence-electron chi connectivity index (χ1n) is 7.16. The standard InChI is InChI=1S/C16H15N3O4/c1-11-9-13(22-18-11)10-21-15(20)8-7-14-17-16(19-23-14)12-5-3-2-4-6-12/h2-6,9H,7-8,10H2,1H3. The van der Waals surface area contributed by atoms with E-state index >= 15 is 0 Å². The average Bonchev–Trinajstić information content (AvgIpc) is 3.21. The topological polar surface area (TPSA) is 91.2 Å². The van der Waals surface area contributed by atoms with Crippen LogP contribution in [0.1, 0.15) is 23.8 Å². The van der Waals surface area contributed by atoms with E-state index in [1.54, 1.807) is 13.0 Å². The van der Waals surface area contributed by atoms with Crippen LogP contribution in [0.3, 0.4) is 0 Å². The number of hydrogen-bond donors (Lipinski definition) is 0. The quantitative estimate of drug-likeness (QED) is 0.646. The molecule has 3 rings (SSSR count). The van der Waals surface area contributed by atoms with Crippen molar-refractivity contribution in [3.8, 4) is 11.4 Å². The second kappa shape index (κ2) is 6.87. The normalized spacial score (nSPS) is 10.7. The van der Waals surface area contributed by atoms with Crippen molar-refractivity contribution in [2.24, 2.45) is 0 Å². The van der Waals surface area contributed by atoms with Crippen molar-refractivity contribution in [1.82, 2.24) is 15.3 Å². The summed E-state index contributed by atoms with van der Waals surface area (Å²) in [7, 11) is 0. The predicted octanol–water partition coefficient (Wildman–Crippen LogP) is 2.71. The molecule has 0 atom stereocenters. The Balaban J connectivity index is 1.48. The second-order valence-corrected chi connectivity index (χ2v) is 4.97. The van der Waals surface area contributed by atoms with Gasteiger partial charge < -0.3 is 13.8 Å². The lowest BCUT2D eigenvalue weighted by molar-refractivity contribution is -0.145. The molecule has 1 aromatic carbocycles. The molecule has 0 N–H and O–H groups in total. The third-order valence-corrected chi connectivity index (χ3v) is 3.10. The number of aromatic nitrogens is 3. The molecule has 7 heteroatoms. The summed E-state index contributed by atoms with van der Waals surface area (Å²) in [6, 6.07) is 11.2. The molecular formula is C16H15N3O4. The summed E-state index contributed by atoms with van der Waals surface area (Å²) in [6.45, 7) is 1.87. The van der Waals surface area contributed by atoms with Gasteiger partial charge in [-0.2, -0.15) is 4.98 Å². The van der Waals surface area contributed by atoms with E-state index < -0.39 is 0 Å². The van der Waals surface area contributed by atoms with Crippen LogP contribution in [0.2, 0.25) is 0 Å². The molecule has 0 fully saturated rings. The molecule has 3 aromatic rings. The highest BCUT2D eigenvalue weighted by atomic mass is 16.5. The van der Waals surface area contributed by atoms with Gasteiger partial charge in [0, 0.05) is 18.1 Å². The Hall–Kier alpha value is -2.96. The number of hydrogen-bond acceptors (Lipinski definition) is 7. The Morgan fingerprint density at radius 1 is 1.17 bits per heavy atom. The van der Waals surface area contributed by atoms with Crippen LogP contribution >= 0.6 is 0 Å². The summed E-state index contributed by atoms with van der Waals surface area (Å²) in [5.41, 5.74) is 1.61. The molecular weight excluding hydrogens is 298 g/mol. The number of rotatable bonds is 6. The van der Waals surface area contributed by atoms with Gasteiger partial charge in [0.2, 0.25) is 11.7 Å². The minimum absolute atomic E-state index is 0.0682. The van der Waals surface area contributed by atoms with Gasteiger partial charge in [0.1, 0.15) is 0 Å². The SMILES string of the molecule is Cc1cc(COC(=O)CCc2nc(-c3ccccc3)no2)on1. The van der Waals surface area contributed by atoms with Gasteiger partial charge in [-0.1, -0.05) is 40.6 Å². The summed E-state index contributed by atoms with van der Waals surface area (Å²) in [6.07, 6.45) is 0.484. The van der Waals surface area contributed by atoms with Crippen molar-refractivity contribution < 1.29 is 18.6 Å². The lowest BCUT2D eigenvalue weighted by atomic mass is 10.2. The molecule has 0 saturated carbocycles. The Labute approximate surface area is 132 Å². The van der Waals surface area contributed by atoms with Crippen molar-refractivity contribution in [2.45, 2.75) is 26.4 Å². The maximum atomic E-state index is 11.7. The van der Waals surface area contributed by atoms with Crippen LogP contribution in [0.15, 0.2) is 45.4 Å². The molecule has 0 aliphatic rings. The molecule has 7 nitrogen and oxygen atoms in total. The summed E-state index contributed by atoms with van der Waals surface area (Å²) >= 11 is 0. The smallest absolute Gasteiger partial charge is 0.306 e. The Bertz CT molecular complexity index is 779. The molecule has 23 heavy (non-hydrogen) atoms. The number of aryl methyl sites for hydroxylation is 2. The minimum Gasteiger partial charge on any atom is -0.457 e. The van der Waals surface area contributed by atoms with Gasteiger partial charge in [-0.25, -0.2) is 0 Å². The molecule has 0 amide bonds.